The number of rotatable bonds is 4. The van der Waals surface area contributed by atoms with Crippen molar-refractivity contribution < 1.29 is 23.5 Å². The average Bonchev–Trinajstić information content (AvgIpc) is 3.19. The molecule has 3 aliphatic heterocycles. The molecule has 0 aliphatic carbocycles. The van der Waals surface area contributed by atoms with Crippen LogP contribution in [0.15, 0.2) is 36.1 Å². The summed E-state index contributed by atoms with van der Waals surface area (Å²) in [5.74, 6) is 0.120. The summed E-state index contributed by atoms with van der Waals surface area (Å²) in [6.45, 7) is 4.09. The molecule has 4 rings (SSSR count). The summed E-state index contributed by atoms with van der Waals surface area (Å²) in [5.41, 5.74) is 2.10. The van der Waals surface area contributed by atoms with Crippen LogP contribution < -0.4 is 5.32 Å². The summed E-state index contributed by atoms with van der Waals surface area (Å²) in [6, 6.07) is 8.18. The number of anilines is 1. The number of likely N-dealkylation sites (N-methyl/N-ethyl adjacent to an activating group) is 1. The maximum Gasteiger partial charge on any atom is 0.337 e. The van der Waals surface area contributed by atoms with Crippen LogP contribution in [0.3, 0.4) is 0 Å². The van der Waals surface area contributed by atoms with E-state index in [1.807, 2.05) is 18.2 Å². The number of nitrogens with one attached hydrogen (secondary N) is 1. The van der Waals surface area contributed by atoms with Crippen LogP contribution in [0.2, 0.25) is 0 Å². The fourth-order valence-electron chi connectivity index (χ4n) is 6.30. The van der Waals surface area contributed by atoms with Gasteiger partial charge in [-0.25, -0.2) is 4.79 Å². The predicted octanol–water partition coefficient (Wildman–Crippen LogP) is 2.84. The number of hydrogen-bond acceptors (Lipinski definition) is 4. The van der Waals surface area contributed by atoms with Gasteiger partial charge in [0.05, 0.1) is 46.2 Å². The molecule has 0 aromatic heterocycles. The number of ether oxygens (including phenoxy) is 2. The lowest BCUT2D eigenvalue weighted by molar-refractivity contribution is -0.932. The molecule has 0 radical (unpaired) electrons. The van der Waals surface area contributed by atoms with E-state index >= 15 is 0 Å². The van der Waals surface area contributed by atoms with Crippen molar-refractivity contribution in [3.63, 3.8) is 0 Å². The van der Waals surface area contributed by atoms with Gasteiger partial charge in [-0.1, -0.05) is 25.1 Å². The van der Waals surface area contributed by atoms with E-state index in [1.54, 1.807) is 13.4 Å². The Morgan fingerprint density at radius 2 is 2.10 bits per heavy atom. The van der Waals surface area contributed by atoms with Gasteiger partial charge in [0.2, 0.25) is 5.91 Å². The van der Waals surface area contributed by atoms with E-state index in [2.05, 4.69) is 25.4 Å². The number of carbonyl (C=O) groups is 2. The van der Waals surface area contributed by atoms with Crippen molar-refractivity contribution in [1.29, 1.82) is 0 Å². The second kappa shape index (κ2) is 7.17. The predicted molar refractivity (Wildman–Crippen MR) is 110 cm³/mol. The van der Waals surface area contributed by atoms with Crippen LogP contribution in [0.4, 0.5) is 5.69 Å². The van der Waals surface area contributed by atoms with Crippen molar-refractivity contribution in [2.75, 3.05) is 39.7 Å². The number of quaternary nitrogens is 1. The van der Waals surface area contributed by atoms with Crippen LogP contribution in [-0.4, -0.2) is 56.8 Å². The lowest BCUT2D eigenvalue weighted by Crippen LogP contribution is -2.62. The fourth-order valence-corrected chi connectivity index (χ4v) is 6.30. The number of carbonyl (C=O) groups excluding carboxylic acids is 2. The van der Waals surface area contributed by atoms with Crippen molar-refractivity contribution in [3.05, 3.63) is 41.7 Å². The number of para-hydroxylation sites is 1. The second-order valence-electron chi connectivity index (χ2n) is 8.93. The van der Waals surface area contributed by atoms with Crippen molar-refractivity contribution in [2.24, 2.45) is 11.8 Å². The van der Waals surface area contributed by atoms with Crippen LogP contribution in [0.25, 0.3) is 0 Å². The first-order valence-corrected chi connectivity index (χ1v) is 10.5. The van der Waals surface area contributed by atoms with Gasteiger partial charge in [-0.2, -0.15) is 0 Å². The lowest BCUT2D eigenvalue weighted by atomic mass is 9.67. The van der Waals surface area contributed by atoms with Gasteiger partial charge in [-0.05, 0) is 18.1 Å². The summed E-state index contributed by atoms with van der Waals surface area (Å²) >= 11 is 0. The van der Waals surface area contributed by atoms with Crippen LogP contribution >= 0.6 is 0 Å². The van der Waals surface area contributed by atoms with Crippen molar-refractivity contribution in [3.8, 4) is 0 Å². The molecule has 1 amide bonds. The van der Waals surface area contributed by atoms with E-state index in [0.29, 0.717) is 11.5 Å². The molecule has 0 unspecified atom stereocenters. The molecule has 2 fully saturated rings. The fraction of sp³-hybridized carbons (Fsp3) is 0.565. The number of benzene rings is 1. The number of esters is 1. The zero-order chi connectivity index (χ0) is 20.8. The van der Waals surface area contributed by atoms with E-state index in [-0.39, 0.29) is 23.8 Å². The summed E-state index contributed by atoms with van der Waals surface area (Å²) in [6.07, 6.45) is 4.11. The second-order valence-corrected chi connectivity index (χ2v) is 8.93. The van der Waals surface area contributed by atoms with Gasteiger partial charge in [-0.15, -0.1) is 0 Å². The normalized spacial score (nSPS) is 35.8. The third kappa shape index (κ3) is 2.80. The zero-order valence-corrected chi connectivity index (χ0v) is 17.7. The average molecular weight is 400 g/mol. The molecule has 1 N–H and O–H groups in total. The SMILES string of the molecule is CC[C@H]1C[N@@+]2(C)CC[C@]3(C(=O)Nc4ccccc43)[C@H]2C[C@@H]1/C(=C/OC)C(=O)OC. The van der Waals surface area contributed by atoms with Crippen molar-refractivity contribution in [2.45, 2.75) is 37.6 Å². The van der Waals surface area contributed by atoms with Gasteiger partial charge in [0, 0.05) is 30.4 Å². The maximum atomic E-state index is 13.3. The first kappa shape index (κ1) is 20.0. The molecule has 1 aromatic carbocycles. The van der Waals surface area contributed by atoms with E-state index in [9.17, 15) is 9.59 Å². The molecular weight excluding hydrogens is 368 g/mol. The number of nitrogens with zero attached hydrogens (tertiary/aromatic N) is 1. The molecule has 1 spiro atoms. The summed E-state index contributed by atoms with van der Waals surface area (Å²) in [5, 5.41) is 3.13. The minimum absolute atomic E-state index is 0.0131. The third-order valence-electron chi connectivity index (χ3n) is 7.69. The van der Waals surface area contributed by atoms with Crippen LogP contribution in [-0.2, 0) is 24.5 Å². The summed E-state index contributed by atoms with van der Waals surface area (Å²) in [4.78, 5) is 25.9. The molecule has 6 heteroatoms. The number of hydrogen-bond donors (Lipinski definition) is 1. The highest BCUT2D eigenvalue weighted by Gasteiger charge is 2.66. The molecule has 3 heterocycles. The van der Waals surface area contributed by atoms with Crippen LogP contribution in [0, 0.1) is 11.8 Å². The number of methoxy groups -OCH3 is 2. The molecule has 6 nitrogen and oxygen atoms in total. The number of amides is 1. The third-order valence-corrected chi connectivity index (χ3v) is 7.69. The molecular formula is C23H31N2O4+. The molecule has 29 heavy (non-hydrogen) atoms. The molecule has 0 saturated carbocycles. The van der Waals surface area contributed by atoms with Gasteiger partial charge in [0.1, 0.15) is 11.5 Å². The minimum atomic E-state index is -0.531. The Morgan fingerprint density at radius 3 is 2.79 bits per heavy atom. The zero-order valence-electron chi connectivity index (χ0n) is 17.7. The Bertz CT molecular complexity index is 866. The largest absolute Gasteiger partial charge is 0.504 e. The van der Waals surface area contributed by atoms with E-state index < -0.39 is 5.41 Å². The highest BCUT2D eigenvalue weighted by molar-refractivity contribution is 6.07. The monoisotopic (exact) mass is 399 g/mol. The Balaban J connectivity index is 1.79. The van der Waals surface area contributed by atoms with Gasteiger partial charge >= 0.3 is 5.97 Å². The van der Waals surface area contributed by atoms with Gasteiger partial charge in [0.25, 0.3) is 0 Å². The minimum Gasteiger partial charge on any atom is -0.504 e. The molecule has 0 bridgehead atoms. The Kier molecular flexibility index (Phi) is 4.93. The quantitative estimate of drug-likeness (QED) is 0.366. The summed E-state index contributed by atoms with van der Waals surface area (Å²) in [7, 11) is 5.25. The number of piperidine rings is 1. The molecule has 1 aromatic rings. The van der Waals surface area contributed by atoms with Gasteiger partial charge < -0.3 is 19.3 Å². The van der Waals surface area contributed by atoms with E-state index in [0.717, 1.165) is 48.1 Å². The standard InChI is InChI=1S/C23H30N2O4/c1-5-15-13-25(2)11-10-23(18-8-6-7-9-19(18)24-22(23)27)20(25)12-16(15)17(14-28-3)21(26)29-4/h6-9,14-16,20H,5,10-13H2,1-4H3/p+1/b17-14-/t15-,16-,20+,23+,25+/m0/s1. The van der Waals surface area contributed by atoms with Gasteiger partial charge in [-0.3, -0.25) is 4.79 Å². The van der Waals surface area contributed by atoms with Crippen LogP contribution in [0.1, 0.15) is 31.7 Å². The van der Waals surface area contributed by atoms with E-state index in [4.69, 9.17) is 9.47 Å². The Labute approximate surface area is 172 Å². The molecule has 2 saturated heterocycles. The number of fused-ring (bicyclic) bond motifs is 4. The van der Waals surface area contributed by atoms with Crippen molar-refractivity contribution >= 4 is 17.6 Å². The van der Waals surface area contributed by atoms with E-state index in [1.165, 1.54) is 7.11 Å². The first-order chi connectivity index (χ1) is 13.9. The topological polar surface area (TPSA) is 64.6 Å². The molecule has 3 aliphatic rings. The highest BCUT2D eigenvalue weighted by atomic mass is 16.5. The first-order valence-electron chi connectivity index (χ1n) is 10.5. The maximum absolute atomic E-state index is 13.3. The molecule has 5 atom stereocenters. The summed E-state index contributed by atoms with van der Waals surface area (Å²) < 4.78 is 11.2. The van der Waals surface area contributed by atoms with Crippen molar-refractivity contribution in [1.82, 2.24) is 0 Å². The Morgan fingerprint density at radius 1 is 1.34 bits per heavy atom. The lowest BCUT2D eigenvalue weighted by Gasteiger charge is -2.49. The molecule has 156 valence electrons. The highest BCUT2D eigenvalue weighted by Crippen LogP contribution is 2.55. The Hall–Kier alpha value is -2.34. The smallest absolute Gasteiger partial charge is 0.337 e. The van der Waals surface area contributed by atoms with Gasteiger partial charge in [0.15, 0.2) is 0 Å². The van der Waals surface area contributed by atoms with Crippen LogP contribution in [0.5, 0.6) is 0 Å².